The van der Waals surface area contributed by atoms with Gasteiger partial charge in [-0.25, -0.2) is 0 Å². The van der Waals surface area contributed by atoms with E-state index in [1.807, 2.05) is 13.8 Å². The molecule has 0 N–H and O–H groups in total. The molecule has 0 fully saturated rings. The normalized spacial score (nSPS) is 17.4. The van der Waals surface area contributed by atoms with E-state index in [0.717, 1.165) is 12.8 Å². The number of esters is 2. The second kappa shape index (κ2) is 8.91. The van der Waals surface area contributed by atoms with Crippen LogP contribution in [0.4, 0.5) is 0 Å². The van der Waals surface area contributed by atoms with Crippen molar-refractivity contribution in [1.82, 2.24) is 0 Å². The van der Waals surface area contributed by atoms with Gasteiger partial charge in [0, 0.05) is 0 Å². The highest BCUT2D eigenvalue weighted by atomic mass is 79.9. The van der Waals surface area contributed by atoms with Crippen molar-refractivity contribution in [3.63, 3.8) is 0 Å². The Morgan fingerprint density at radius 2 is 1.17 bits per heavy atom. The summed E-state index contributed by atoms with van der Waals surface area (Å²) in [5, 5.41) is 0. The molecule has 0 spiro atoms. The van der Waals surface area contributed by atoms with Gasteiger partial charge in [0.25, 0.3) is 0 Å². The Kier molecular flexibility index (Phi) is 8.86. The molecule has 0 aliphatic heterocycles. The van der Waals surface area contributed by atoms with Crippen molar-refractivity contribution in [3.05, 3.63) is 0 Å². The second-order valence-electron chi connectivity index (χ2n) is 4.12. The molecule has 0 aliphatic carbocycles. The van der Waals surface area contributed by atoms with E-state index in [0.29, 0.717) is 0 Å². The Labute approximate surface area is 125 Å². The highest BCUT2D eigenvalue weighted by Crippen LogP contribution is 2.19. The van der Waals surface area contributed by atoms with Crippen LogP contribution in [-0.2, 0) is 19.1 Å². The van der Waals surface area contributed by atoms with Crippen LogP contribution in [0, 0.1) is 0 Å². The van der Waals surface area contributed by atoms with Crippen molar-refractivity contribution < 1.29 is 19.1 Å². The molecule has 0 radical (unpaired) electrons. The lowest BCUT2D eigenvalue weighted by Crippen LogP contribution is -2.36. The quantitative estimate of drug-likeness (QED) is 0.497. The molecule has 4 atom stereocenters. The zero-order valence-electron chi connectivity index (χ0n) is 11.1. The van der Waals surface area contributed by atoms with E-state index in [4.69, 9.17) is 9.47 Å². The topological polar surface area (TPSA) is 52.6 Å². The maximum atomic E-state index is 11.7. The Bertz CT molecular complexity index is 255. The summed E-state index contributed by atoms with van der Waals surface area (Å²) >= 11 is 6.31. The molecular weight excluding hydrogens is 368 g/mol. The first kappa shape index (κ1) is 17.9. The fourth-order valence-electron chi connectivity index (χ4n) is 0.932. The lowest BCUT2D eigenvalue weighted by molar-refractivity contribution is -0.153. The molecule has 4 nitrogen and oxygen atoms in total. The smallest absolute Gasteiger partial charge is 0.321 e. The molecule has 0 saturated carbocycles. The zero-order chi connectivity index (χ0) is 14.3. The van der Waals surface area contributed by atoms with Gasteiger partial charge in [0.15, 0.2) is 0 Å². The number of rotatable bonds is 7. The van der Waals surface area contributed by atoms with Gasteiger partial charge in [-0.1, -0.05) is 45.7 Å². The molecule has 0 heterocycles. The summed E-state index contributed by atoms with van der Waals surface area (Å²) in [6.07, 6.45) is 1.14. The molecule has 4 unspecified atom stereocenters. The molecule has 106 valence electrons. The highest BCUT2D eigenvalue weighted by molar-refractivity contribution is 9.12. The van der Waals surface area contributed by atoms with Crippen molar-refractivity contribution in [2.45, 2.75) is 62.4 Å². The van der Waals surface area contributed by atoms with Crippen LogP contribution >= 0.6 is 31.9 Å². The number of ether oxygens (including phenoxy) is 2. The number of carbonyl (C=O) groups excluding carboxylic acids is 2. The van der Waals surface area contributed by atoms with E-state index in [2.05, 4.69) is 31.9 Å². The molecule has 0 amide bonds. The van der Waals surface area contributed by atoms with E-state index in [1.54, 1.807) is 13.8 Å². The first-order valence-corrected chi connectivity index (χ1v) is 7.85. The van der Waals surface area contributed by atoms with Gasteiger partial charge in [0.05, 0.1) is 12.2 Å². The fraction of sp³-hybridized carbons (Fsp3) is 0.833. The van der Waals surface area contributed by atoms with Crippen LogP contribution < -0.4 is 0 Å². The van der Waals surface area contributed by atoms with Gasteiger partial charge in [-0.15, -0.1) is 0 Å². The monoisotopic (exact) mass is 386 g/mol. The molecule has 0 bridgehead atoms. The van der Waals surface area contributed by atoms with E-state index in [1.165, 1.54) is 0 Å². The molecule has 0 aromatic rings. The molecule has 0 aromatic carbocycles. The Morgan fingerprint density at radius 3 is 1.39 bits per heavy atom. The molecule has 0 aliphatic rings. The number of alkyl halides is 2. The predicted molar refractivity (Wildman–Crippen MR) is 77.1 cm³/mol. The van der Waals surface area contributed by atoms with Crippen LogP contribution in [0.15, 0.2) is 0 Å². The average molecular weight is 388 g/mol. The van der Waals surface area contributed by atoms with Crippen LogP contribution in [-0.4, -0.2) is 33.8 Å². The van der Waals surface area contributed by atoms with E-state index < -0.39 is 21.6 Å². The summed E-state index contributed by atoms with van der Waals surface area (Å²) in [6.45, 7) is 7.45. The highest BCUT2D eigenvalue weighted by Gasteiger charge is 2.33. The van der Waals surface area contributed by atoms with E-state index in [9.17, 15) is 9.59 Å². The Hall–Kier alpha value is -0.100. The van der Waals surface area contributed by atoms with Gasteiger partial charge in [-0.3, -0.25) is 9.59 Å². The molecule has 0 saturated heterocycles. The summed E-state index contributed by atoms with van der Waals surface area (Å²) in [5.41, 5.74) is 0. The molecule has 0 aromatic heterocycles. The van der Waals surface area contributed by atoms with Gasteiger partial charge in [-0.05, 0) is 26.7 Å². The van der Waals surface area contributed by atoms with Gasteiger partial charge in [-0.2, -0.15) is 0 Å². The third kappa shape index (κ3) is 6.18. The molecule has 0 rings (SSSR count). The number of carbonyl (C=O) groups is 2. The van der Waals surface area contributed by atoms with Crippen molar-refractivity contribution in [1.29, 1.82) is 0 Å². The van der Waals surface area contributed by atoms with E-state index in [-0.39, 0.29) is 12.2 Å². The summed E-state index contributed by atoms with van der Waals surface area (Å²) in [4.78, 5) is 21.9. The average Bonchev–Trinajstić information content (AvgIpc) is 2.36. The van der Waals surface area contributed by atoms with Crippen LogP contribution in [0.2, 0.25) is 0 Å². The van der Waals surface area contributed by atoms with E-state index >= 15 is 0 Å². The lowest BCUT2D eigenvalue weighted by atomic mass is 10.2. The first-order valence-electron chi connectivity index (χ1n) is 6.02. The molecule has 6 heteroatoms. The van der Waals surface area contributed by atoms with Crippen LogP contribution in [0.25, 0.3) is 0 Å². The zero-order valence-corrected chi connectivity index (χ0v) is 14.3. The summed E-state index contributed by atoms with van der Waals surface area (Å²) in [5.74, 6) is -0.931. The third-order valence-electron chi connectivity index (χ3n) is 2.49. The summed E-state index contributed by atoms with van der Waals surface area (Å²) in [7, 11) is 0. The van der Waals surface area contributed by atoms with Crippen molar-refractivity contribution in [3.8, 4) is 0 Å². The summed E-state index contributed by atoms with van der Waals surface area (Å²) < 4.78 is 10.3. The Morgan fingerprint density at radius 1 is 0.889 bits per heavy atom. The fourth-order valence-corrected chi connectivity index (χ4v) is 1.58. The standard InChI is InChI=1S/C12H20Br2O4/c1-5-7(3)17-11(15)9(13)10(14)12(16)18-8(4)6-2/h7-10H,5-6H2,1-4H3. The minimum Gasteiger partial charge on any atom is -0.462 e. The van der Waals surface area contributed by atoms with Gasteiger partial charge in [0.2, 0.25) is 0 Å². The molecular formula is C12H20Br2O4. The molecule has 18 heavy (non-hydrogen) atoms. The SMILES string of the molecule is CCC(C)OC(=O)C(Br)C(Br)C(=O)OC(C)CC. The minimum atomic E-state index is -0.747. The van der Waals surface area contributed by atoms with Crippen molar-refractivity contribution in [2.75, 3.05) is 0 Å². The first-order chi connectivity index (χ1) is 8.33. The van der Waals surface area contributed by atoms with Gasteiger partial charge in [0.1, 0.15) is 9.65 Å². The summed E-state index contributed by atoms with van der Waals surface area (Å²) in [6, 6.07) is 0. The largest absolute Gasteiger partial charge is 0.462 e. The number of hydrogen-bond acceptors (Lipinski definition) is 4. The van der Waals surface area contributed by atoms with Crippen LogP contribution in [0.5, 0.6) is 0 Å². The van der Waals surface area contributed by atoms with Crippen LogP contribution in [0.1, 0.15) is 40.5 Å². The second-order valence-corrected chi connectivity index (χ2v) is 6.09. The van der Waals surface area contributed by atoms with Crippen LogP contribution in [0.3, 0.4) is 0 Å². The maximum Gasteiger partial charge on any atom is 0.321 e. The van der Waals surface area contributed by atoms with Crippen molar-refractivity contribution >= 4 is 43.8 Å². The van der Waals surface area contributed by atoms with Crippen molar-refractivity contribution in [2.24, 2.45) is 0 Å². The maximum absolute atomic E-state index is 11.7. The lowest BCUT2D eigenvalue weighted by Gasteiger charge is -2.19. The Balaban J connectivity index is 4.35. The third-order valence-corrected chi connectivity index (χ3v) is 5.01. The van der Waals surface area contributed by atoms with Gasteiger partial charge < -0.3 is 9.47 Å². The number of halogens is 2. The minimum absolute atomic E-state index is 0.164. The number of hydrogen-bond donors (Lipinski definition) is 0. The predicted octanol–water partition coefficient (Wildman–Crippen LogP) is 3.20. The van der Waals surface area contributed by atoms with Gasteiger partial charge >= 0.3 is 11.9 Å².